The second-order valence-corrected chi connectivity index (χ2v) is 3.85. The van der Waals surface area contributed by atoms with Crippen molar-refractivity contribution in [3.05, 3.63) is 30.9 Å². The molecule has 0 fully saturated rings. The zero-order valence-electron chi connectivity index (χ0n) is 10.3. The van der Waals surface area contributed by atoms with Crippen LogP contribution in [0.1, 0.15) is 6.92 Å². The minimum absolute atomic E-state index is 0.153. The summed E-state index contributed by atoms with van der Waals surface area (Å²) in [6.45, 7) is 2.79. The molecule has 0 aliphatic heterocycles. The number of nitrogens with zero attached hydrogens (tertiary/aromatic N) is 7. The van der Waals surface area contributed by atoms with E-state index in [0.29, 0.717) is 11.8 Å². The molecule has 0 aliphatic rings. The van der Waals surface area contributed by atoms with Crippen LogP contribution in [0.2, 0.25) is 0 Å². The van der Waals surface area contributed by atoms with Gasteiger partial charge >= 0.3 is 0 Å². The number of aromatic nitrogens is 7. The standard InChI is InChI=1S/C11H12N8/c1-2-18-7-8(6-14-18)9-15-10(12)17-11(16-9)19-5-3-4-13-19/h3-7H,2H2,1H3,(H2,12,15,16,17). The molecule has 0 aliphatic carbocycles. The van der Waals surface area contributed by atoms with Gasteiger partial charge in [-0.1, -0.05) is 0 Å². The summed E-state index contributed by atoms with van der Waals surface area (Å²) in [5, 5.41) is 8.26. The van der Waals surface area contributed by atoms with Gasteiger partial charge in [0.2, 0.25) is 5.95 Å². The maximum Gasteiger partial charge on any atom is 0.255 e. The third-order valence-electron chi connectivity index (χ3n) is 2.57. The van der Waals surface area contributed by atoms with E-state index in [1.54, 1.807) is 29.3 Å². The number of hydrogen-bond acceptors (Lipinski definition) is 6. The maximum atomic E-state index is 5.71. The van der Waals surface area contributed by atoms with Crippen LogP contribution in [0.5, 0.6) is 0 Å². The Hall–Kier alpha value is -2.77. The smallest absolute Gasteiger partial charge is 0.255 e. The quantitative estimate of drug-likeness (QED) is 0.733. The van der Waals surface area contributed by atoms with Crippen LogP contribution < -0.4 is 5.73 Å². The molecular weight excluding hydrogens is 244 g/mol. The zero-order chi connectivity index (χ0) is 13.2. The van der Waals surface area contributed by atoms with Crippen molar-refractivity contribution in [2.24, 2.45) is 0 Å². The molecule has 19 heavy (non-hydrogen) atoms. The van der Waals surface area contributed by atoms with E-state index in [1.165, 1.54) is 4.68 Å². The molecule has 0 spiro atoms. The minimum atomic E-state index is 0.153. The molecule has 0 bridgehead atoms. The van der Waals surface area contributed by atoms with E-state index in [4.69, 9.17) is 5.73 Å². The van der Waals surface area contributed by atoms with Gasteiger partial charge in [-0.2, -0.15) is 25.1 Å². The summed E-state index contributed by atoms with van der Waals surface area (Å²) in [4.78, 5) is 12.5. The molecule has 3 aromatic rings. The zero-order valence-corrected chi connectivity index (χ0v) is 10.3. The SMILES string of the molecule is CCn1cc(-c2nc(N)nc(-n3cccn3)n2)cn1. The average Bonchev–Trinajstić information content (AvgIpc) is 3.09. The topological polar surface area (TPSA) is 100 Å². The summed E-state index contributed by atoms with van der Waals surface area (Å²) in [6.07, 6.45) is 6.95. The molecule has 8 nitrogen and oxygen atoms in total. The van der Waals surface area contributed by atoms with Gasteiger partial charge in [-0.25, -0.2) is 4.68 Å². The van der Waals surface area contributed by atoms with Crippen LogP contribution in [0.25, 0.3) is 17.3 Å². The van der Waals surface area contributed by atoms with Crippen molar-refractivity contribution in [3.8, 4) is 17.3 Å². The fourth-order valence-electron chi connectivity index (χ4n) is 1.65. The fraction of sp³-hybridized carbons (Fsp3) is 0.182. The summed E-state index contributed by atoms with van der Waals surface area (Å²) in [5.41, 5.74) is 6.51. The van der Waals surface area contributed by atoms with Crippen molar-refractivity contribution < 1.29 is 0 Å². The lowest BCUT2D eigenvalue weighted by Gasteiger charge is -2.02. The van der Waals surface area contributed by atoms with Crippen molar-refractivity contribution in [2.45, 2.75) is 13.5 Å². The van der Waals surface area contributed by atoms with Crippen molar-refractivity contribution in [1.82, 2.24) is 34.5 Å². The number of hydrogen-bond donors (Lipinski definition) is 1. The van der Waals surface area contributed by atoms with Gasteiger partial charge in [0.05, 0.1) is 11.8 Å². The van der Waals surface area contributed by atoms with Crippen LogP contribution in [0.15, 0.2) is 30.9 Å². The van der Waals surface area contributed by atoms with Crippen LogP contribution in [-0.4, -0.2) is 34.5 Å². The van der Waals surface area contributed by atoms with Crippen LogP contribution in [-0.2, 0) is 6.54 Å². The first-order valence-corrected chi connectivity index (χ1v) is 5.80. The van der Waals surface area contributed by atoms with Crippen molar-refractivity contribution in [2.75, 3.05) is 5.73 Å². The van der Waals surface area contributed by atoms with E-state index in [2.05, 4.69) is 25.1 Å². The highest BCUT2D eigenvalue weighted by molar-refractivity contribution is 5.54. The van der Waals surface area contributed by atoms with Gasteiger partial charge in [0.15, 0.2) is 5.82 Å². The normalized spacial score (nSPS) is 10.8. The van der Waals surface area contributed by atoms with Crippen LogP contribution in [0, 0.1) is 0 Å². The Kier molecular flexibility index (Phi) is 2.67. The van der Waals surface area contributed by atoms with Crippen LogP contribution in [0.3, 0.4) is 0 Å². The van der Waals surface area contributed by atoms with Crippen molar-refractivity contribution >= 4 is 5.95 Å². The summed E-state index contributed by atoms with van der Waals surface area (Å²) in [5.74, 6) is 1.02. The predicted octanol–water partition coefficient (Wildman–Crippen LogP) is 0.523. The Morgan fingerprint density at radius 3 is 2.79 bits per heavy atom. The number of nitrogens with two attached hydrogens (primary N) is 1. The second kappa shape index (κ2) is 4.48. The lowest BCUT2D eigenvalue weighted by atomic mass is 10.3. The average molecular weight is 256 g/mol. The Morgan fingerprint density at radius 1 is 1.21 bits per heavy atom. The molecule has 96 valence electrons. The second-order valence-electron chi connectivity index (χ2n) is 3.85. The molecule has 0 aromatic carbocycles. The molecule has 3 rings (SSSR count). The van der Waals surface area contributed by atoms with Crippen molar-refractivity contribution in [1.29, 1.82) is 0 Å². The highest BCUT2D eigenvalue weighted by Crippen LogP contribution is 2.15. The van der Waals surface area contributed by atoms with E-state index in [-0.39, 0.29) is 5.95 Å². The number of aryl methyl sites for hydroxylation is 1. The Bertz CT molecular complexity index is 685. The first-order valence-electron chi connectivity index (χ1n) is 5.80. The molecule has 0 saturated carbocycles. The third kappa shape index (κ3) is 2.15. The molecule has 2 N–H and O–H groups in total. The molecule has 3 heterocycles. The Balaban J connectivity index is 2.07. The molecule has 0 amide bonds. The molecule has 8 heteroatoms. The van der Waals surface area contributed by atoms with Gasteiger partial charge in [-0.05, 0) is 13.0 Å². The van der Waals surface area contributed by atoms with E-state index < -0.39 is 0 Å². The minimum Gasteiger partial charge on any atom is -0.368 e. The van der Waals surface area contributed by atoms with Gasteiger partial charge in [0.1, 0.15) is 0 Å². The molecule has 0 unspecified atom stereocenters. The summed E-state index contributed by atoms with van der Waals surface area (Å²) >= 11 is 0. The van der Waals surface area contributed by atoms with Gasteiger partial charge < -0.3 is 5.73 Å². The highest BCUT2D eigenvalue weighted by Gasteiger charge is 2.10. The highest BCUT2D eigenvalue weighted by atomic mass is 15.4. The van der Waals surface area contributed by atoms with E-state index >= 15 is 0 Å². The number of nitrogen functional groups attached to an aromatic ring is 1. The van der Waals surface area contributed by atoms with E-state index in [9.17, 15) is 0 Å². The van der Waals surface area contributed by atoms with Crippen molar-refractivity contribution in [3.63, 3.8) is 0 Å². The predicted molar refractivity (Wildman–Crippen MR) is 68.3 cm³/mol. The van der Waals surface area contributed by atoms with Gasteiger partial charge in [0.25, 0.3) is 5.95 Å². The monoisotopic (exact) mass is 256 g/mol. The number of anilines is 1. The van der Waals surface area contributed by atoms with E-state index in [1.807, 2.05) is 13.1 Å². The first kappa shape index (κ1) is 11.3. The van der Waals surface area contributed by atoms with Gasteiger partial charge in [-0.3, -0.25) is 4.68 Å². The Labute approximate surface area is 108 Å². The molecular formula is C11H12N8. The molecule has 0 radical (unpaired) electrons. The summed E-state index contributed by atoms with van der Waals surface area (Å²) in [6, 6.07) is 1.79. The van der Waals surface area contributed by atoms with Gasteiger partial charge in [0, 0.05) is 25.1 Å². The Morgan fingerprint density at radius 2 is 2.11 bits per heavy atom. The third-order valence-corrected chi connectivity index (χ3v) is 2.57. The molecule has 0 atom stereocenters. The number of rotatable bonds is 3. The van der Waals surface area contributed by atoms with E-state index in [0.717, 1.165) is 12.1 Å². The molecule has 3 aromatic heterocycles. The van der Waals surface area contributed by atoms with Crippen LogP contribution >= 0.6 is 0 Å². The fourth-order valence-corrected chi connectivity index (χ4v) is 1.65. The summed E-state index contributed by atoms with van der Waals surface area (Å²) < 4.78 is 3.33. The lowest BCUT2D eigenvalue weighted by molar-refractivity contribution is 0.660. The largest absolute Gasteiger partial charge is 0.368 e. The molecule has 0 saturated heterocycles. The maximum absolute atomic E-state index is 5.71. The van der Waals surface area contributed by atoms with Crippen LogP contribution in [0.4, 0.5) is 5.95 Å². The van der Waals surface area contributed by atoms with Gasteiger partial charge in [-0.15, -0.1) is 0 Å². The lowest BCUT2D eigenvalue weighted by Crippen LogP contribution is -2.07. The first-order chi connectivity index (χ1) is 9.26. The summed E-state index contributed by atoms with van der Waals surface area (Å²) in [7, 11) is 0.